The monoisotopic (exact) mass is 453 g/mol. The van der Waals surface area contributed by atoms with Gasteiger partial charge in [0.2, 0.25) is 15.9 Å². The van der Waals surface area contributed by atoms with E-state index < -0.39 is 10.0 Å². The second-order valence-electron chi connectivity index (χ2n) is 6.58. The summed E-state index contributed by atoms with van der Waals surface area (Å²) >= 11 is 12.0. The highest BCUT2D eigenvalue weighted by Gasteiger charge is 2.26. The van der Waals surface area contributed by atoms with E-state index in [2.05, 4.69) is 5.32 Å². The fraction of sp³-hybridized carbons (Fsp3) is 0.250. The number of amides is 1. The average molecular weight is 454 g/mol. The number of nitrogens with one attached hydrogen (secondary N) is 1. The summed E-state index contributed by atoms with van der Waals surface area (Å²) in [7, 11) is -3.50. The van der Waals surface area contributed by atoms with Crippen LogP contribution in [0.25, 0.3) is 6.08 Å². The van der Waals surface area contributed by atoms with E-state index in [1.165, 1.54) is 9.71 Å². The van der Waals surface area contributed by atoms with Crippen LogP contribution >= 0.6 is 23.2 Å². The highest BCUT2D eigenvalue weighted by Crippen LogP contribution is 2.29. The third kappa shape index (κ3) is 6.04. The number of carbonyl (C=O) groups is 1. The lowest BCUT2D eigenvalue weighted by Crippen LogP contribution is -2.49. The number of piperazine rings is 1. The Morgan fingerprint density at radius 3 is 2.38 bits per heavy atom. The lowest BCUT2D eigenvalue weighted by atomic mass is 10.2. The Morgan fingerprint density at radius 1 is 1.00 bits per heavy atom. The second kappa shape index (κ2) is 9.73. The van der Waals surface area contributed by atoms with Gasteiger partial charge < -0.3 is 5.32 Å². The van der Waals surface area contributed by atoms with Crippen LogP contribution in [-0.2, 0) is 14.8 Å². The van der Waals surface area contributed by atoms with Gasteiger partial charge in [-0.25, -0.2) is 8.42 Å². The number of sulfonamides is 1. The number of hydrogen-bond donors (Lipinski definition) is 1. The van der Waals surface area contributed by atoms with E-state index in [1.807, 2.05) is 35.2 Å². The molecule has 1 fully saturated rings. The minimum atomic E-state index is -3.50. The molecule has 1 saturated heterocycles. The molecule has 2 aromatic carbocycles. The van der Waals surface area contributed by atoms with E-state index in [1.54, 1.807) is 24.3 Å². The Morgan fingerprint density at radius 2 is 1.69 bits per heavy atom. The fourth-order valence-electron chi connectivity index (χ4n) is 2.95. The van der Waals surface area contributed by atoms with Gasteiger partial charge in [-0.15, -0.1) is 0 Å². The maximum atomic E-state index is 12.5. The van der Waals surface area contributed by atoms with E-state index in [-0.39, 0.29) is 12.5 Å². The third-order valence-electron chi connectivity index (χ3n) is 4.52. The van der Waals surface area contributed by atoms with Crippen molar-refractivity contribution in [3.05, 3.63) is 69.5 Å². The van der Waals surface area contributed by atoms with Gasteiger partial charge in [-0.2, -0.15) is 4.31 Å². The Balaban J connectivity index is 1.51. The number of benzene rings is 2. The Bertz CT molecular complexity index is 989. The molecule has 154 valence electrons. The van der Waals surface area contributed by atoms with E-state index in [0.717, 1.165) is 5.56 Å². The number of hydrogen-bond acceptors (Lipinski definition) is 4. The summed E-state index contributed by atoms with van der Waals surface area (Å²) in [5, 5.41) is 4.63. The van der Waals surface area contributed by atoms with Crippen molar-refractivity contribution in [1.29, 1.82) is 0 Å². The zero-order valence-electron chi connectivity index (χ0n) is 15.6. The van der Waals surface area contributed by atoms with Gasteiger partial charge in [-0.05, 0) is 23.8 Å². The predicted molar refractivity (Wildman–Crippen MR) is 118 cm³/mol. The molecule has 1 aliphatic rings. The number of rotatable bonds is 6. The number of halogens is 2. The van der Waals surface area contributed by atoms with Crippen molar-refractivity contribution in [3.63, 3.8) is 0 Å². The molecule has 6 nitrogen and oxygen atoms in total. The molecule has 3 rings (SSSR count). The Kier molecular flexibility index (Phi) is 7.32. The molecule has 0 unspecified atom stereocenters. The van der Waals surface area contributed by atoms with Crippen molar-refractivity contribution in [2.24, 2.45) is 0 Å². The SMILES string of the molecule is O=C(CN1CCN(S(=O)(=O)/C=C/c2ccccc2)CC1)Nc1cccc(Cl)c1Cl. The molecule has 9 heteroatoms. The highest BCUT2D eigenvalue weighted by atomic mass is 35.5. The van der Waals surface area contributed by atoms with Crippen molar-refractivity contribution in [2.75, 3.05) is 38.0 Å². The zero-order chi connectivity index (χ0) is 20.9. The summed E-state index contributed by atoms with van der Waals surface area (Å²) in [5.74, 6) is -0.227. The predicted octanol–water partition coefficient (Wildman–Crippen LogP) is 3.55. The van der Waals surface area contributed by atoms with Gasteiger partial charge in [0.1, 0.15) is 0 Å². The number of anilines is 1. The van der Waals surface area contributed by atoms with Crippen LogP contribution < -0.4 is 5.32 Å². The van der Waals surface area contributed by atoms with Crippen LogP contribution in [0.1, 0.15) is 5.56 Å². The second-order valence-corrected chi connectivity index (χ2v) is 9.19. The minimum absolute atomic E-state index is 0.149. The summed E-state index contributed by atoms with van der Waals surface area (Å²) < 4.78 is 26.5. The molecule has 2 aromatic rings. The first-order chi connectivity index (χ1) is 13.8. The van der Waals surface area contributed by atoms with Crippen molar-refractivity contribution in [3.8, 4) is 0 Å². The van der Waals surface area contributed by atoms with Crippen LogP contribution in [-0.4, -0.2) is 56.3 Å². The number of nitrogens with zero attached hydrogens (tertiary/aromatic N) is 2. The summed E-state index contributed by atoms with van der Waals surface area (Å²) in [6.07, 6.45) is 1.59. The average Bonchev–Trinajstić information content (AvgIpc) is 2.71. The maximum Gasteiger partial charge on any atom is 0.238 e. The van der Waals surface area contributed by atoms with Gasteiger partial charge in [0.15, 0.2) is 0 Å². The molecule has 0 aliphatic carbocycles. The zero-order valence-corrected chi connectivity index (χ0v) is 17.9. The molecule has 0 saturated carbocycles. The van der Waals surface area contributed by atoms with Gasteiger partial charge in [-0.3, -0.25) is 9.69 Å². The lowest BCUT2D eigenvalue weighted by molar-refractivity contribution is -0.117. The Hall–Kier alpha value is -1.90. The van der Waals surface area contributed by atoms with Crippen LogP contribution in [0.15, 0.2) is 53.9 Å². The van der Waals surface area contributed by atoms with Gasteiger partial charge in [0.25, 0.3) is 0 Å². The van der Waals surface area contributed by atoms with Crippen LogP contribution in [0.3, 0.4) is 0 Å². The van der Waals surface area contributed by atoms with E-state index in [0.29, 0.717) is 41.9 Å². The third-order valence-corrected chi connectivity index (χ3v) is 6.90. The fourth-order valence-corrected chi connectivity index (χ4v) is 4.47. The molecule has 1 aliphatic heterocycles. The first kappa shape index (κ1) is 21.8. The van der Waals surface area contributed by atoms with E-state index >= 15 is 0 Å². The molecule has 0 aromatic heterocycles. The smallest absolute Gasteiger partial charge is 0.238 e. The van der Waals surface area contributed by atoms with Crippen LogP contribution in [0, 0.1) is 0 Å². The molecule has 1 N–H and O–H groups in total. The largest absolute Gasteiger partial charge is 0.324 e. The quantitative estimate of drug-likeness (QED) is 0.725. The van der Waals surface area contributed by atoms with E-state index in [9.17, 15) is 13.2 Å². The van der Waals surface area contributed by atoms with Crippen LogP contribution in [0.4, 0.5) is 5.69 Å². The first-order valence-electron chi connectivity index (χ1n) is 9.05. The summed E-state index contributed by atoms with van der Waals surface area (Å²) in [4.78, 5) is 14.2. The summed E-state index contributed by atoms with van der Waals surface area (Å²) in [6, 6.07) is 14.3. The highest BCUT2D eigenvalue weighted by molar-refractivity contribution is 7.92. The topological polar surface area (TPSA) is 69.7 Å². The van der Waals surface area contributed by atoms with Gasteiger partial charge >= 0.3 is 0 Å². The van der Waals surface area contributed by atoms with Gasteiger partial charge in [0.05, 0.1) is 22.3 Å². The molecule has 29 heavy (non-hydrogen) atoms. The molecule has 0 spiro atoms. The van der Waals surface area contributed by atoms with E-state index in [4.69, 9.17) is 23.2 Å². The van der Waals surface area contributed by atoms with Crippen molar-refractivity contribution in [2.45, 2.75) is 0 Å². The standard InChI is InChI=1S/C20H21Cl2N3O3S/c21-17-7-4-8-18(20(17)22)23-19(26)15-24-10-12-25(13-11-24)29(27,28)14-9-16-5-2-1-3-6-16/h1-9,14H,10-13,15H2,(H,23,26)/b14-9+. The normalized spacial score (nSPS) is 16.2. The molecule has 0 bridgehead atoms. The Labute approximate surface area is 180 Å². The first-order valence-corrected chi connectivity index (χ1v) is 11.3. The molecule has 0 radical (unpaired) electrons. The number of carbonyl (C=O) groups excluding carboxylic acids is 1. The van der Waals surface area contributed by atoms with Crippen molar-refractivity contribution in [1.82, 2.24) is 9.21 Å². The summed E-state index contributed by atoms with van der Waals surface area (Å²) in [5.41, 5.74) is 1.28. The maximum absolute atomic E-state index is 12.5. The molecular weight excluding hydrogens is 433 g/mol. The molecule has 1 amide bonds. The lowest BCUT2D eigenvalue weighted by Gasteiger charge is -2.32. The molecule has 0 atom stereocenters. The molecular formula is C20H21Cl2N3O3S. The molecule has 1 heterocycles. The van der Waals surface area contributed by atoms with Gasteiger partial charge in [-0.1, -0.05) is 59.6 Å². The van der Waals surface area contributed by atoms with Gasteiger partial charge in [0, 0.05) is 31.6 Å². The van der Waals surface area contributed by atoms with Crippen LogP contribution in [0.2, 0.25) is 10.0 Å². The van der Waals surface area contributed by atoms with Crippen LogP contribution in [0.5, 0.6) is 0 Å². The minimum Gasteiger partial charge on any atom is -0.324 e. The summed E-state index contributed by atoms with van der Waals surface area (Å²) in [6.45, 7) is 1.74. The van der Waals surface area contributed by atoms with Crippen molar-refractivity contribution < 1.29 is 13.2 Å². The van der Waals surface area contributed by atoms with Crippen molar-refractivity contribution >= 4 is 50.9 Å².